The van der Waals surface area contributed by atoms with Gasteiger partial charge in [0.05, 0.1) is 0 Å². The Kier molecular flexibility index (Phi) is 3.81. The zero-order valence-corrected chi connectivity index (χ0v) is 7.74. The van der Waals surface area contributed by atoms with Crippen LogP contribution in [0.3, 0.4) is 0 Å². The lowest BCUT2D eigenvalue weighted by atomic mass is 10.2. The van der Waals surface area contributed by atoms with Crippen molar-refractivity contribution in [1.82, 2.24) is 0 Å². The Morgan fingerprint density at radius 1 is 1.36 bits per heavy atom. The predicted octanol–water partition coefficient (Wildman–Crippen LogP) is 3.49. The summed E-state index contributed by atoms with van der Waals surface area (Å²) in [4.78, 5) is 0. The Bertz CT molecular complexity index is 198. The summed E-state index contributed by atoms with van der Waals surface area (Å²) in [7, 11) is 0. The van der Waals surface area contributed by atoms with Crippen LogP contribution in [0.1, 0.15) is 10.3 Å². The molecule has 0 aliphatic rings. The van der Waals surface area contributed by atoms with Gasteiger partial charge in [0.1, 0.15) is 4.71 Å². The van der Waals surface area contributed by atoms with Crippen LogP contribution in [0.4, 0.5) is 0 Å². The molecule has 0 heterocycles. The normalized spacial score (nSPS) is 12.9. The van der Waals surface area contributed by atoms with Crippen LogP contribution in [0.15, 0.2) is 30.3 Å². The topological polar surface area (TPSA) is 0 Å². The van der Waals surface area contributed by atoms with Crippen molar-refractivity contribution in [2.45, 2.75) is 4.71 Å². The molecule has 0 spiro atoms. The Hall–Kier alpha value is -0.140. The lowest BCUT2D eigenvalue weighted by molar-refractivity contribution is 1.36. The number of halogens is 1. The largest absolute Gasteiger partial charge is 0.137 e. The van der Waals surface area contributed by atoms with Gasteiger partial charge in [-0.3, -0.25) is 0 Å². The van der Waals surface area contributed by atoms with Crippen molar-refractivity contribution in [3.63, 3.8) is 0 Å². The summed E-state index contributed by atoms with van der Waals surface area (Å²) in [5, 5.41) is 0. The standard InChI is InChI=1S/C9H10ClS/c1-2-11-9(10)8-6-4-3-5-7-8/h3-7,9H,1-2H2. The molecule has 0 nitrogen and oxygen atoms in total. The van der Waals surface area contributed by atoms with E-state index in [9.17, 15) is 0 Å². The second kappa shape index (κ2) is 4.68. The molecule has 1 aromatic carbocycles. The summed E-state index contributed by atoms with van der Waals surface area (Å²) in [6.45, 7) is 3.73. The SMILES string of the molecule is [CH2]CSC(Cl)c1ccccc1. The molecule has 0 aromatic heterocycles. The van der Waals surface area contributed by atoms with E-state index in [-0.39, 0.29) is 4.71 Å². The van der Waals surface area contributed by atoms with E-state index in [2.05, 4.69) is 6.92 Å². The van der Waals surface area contributed by atoms with Crippen LogP contribution < -0.4 is 0 Å². The van der Waals surface area contributed by atoms with E-state index in [0.29, 0.717) is 0 Å². The molecule has 0 N–H and O–H groups in total. The summed E-state index contributed by atoms with van der Waals surface area (Å²) < 4.78 is 0.0497. The summed E-state index contributed by atoms with van der Waals surface area (Å²) in [5.74, 6) is 0.809. The predicted molar refractivity (Wildman–Crippen MR) is 52.9 cm³/mol. The highest BCUT2D eigenvalue weighted by Gasteiger charge is 2.04. The minimum atomic E-state index is 0.0497. The third-order valence-electron chi connectivity index (χ3n) is 1.33. The van der Waals surface area contributed by atoms with E-state index < -0.39 is 0 Å². The lowest BCUT2D eigenvalue weighted by Crippen LogP contribution is -1.83. The Morgan fingerprint density at radius 2 is 2.00 bits per heavy atom. The molecule has 0 bridgehead atoms. The maximum Gasteiger partial charge on any atom is 0.104 e. The molecule has 1 unspecified atom stereocenters. The molecule has 59 valence electrons. The van der Waals surface area contributed by atoms with E-state index in [1.54, 1.807) is 11.8 Å². The summed E-state index contributed by atoms with van der Waals surface area (Å²) in [6.07, 6.45) is 0. The third-order valence-corrected chi connectivity index (χ3v) is 2.76. The van der Waals surface area contributed by atoms with Gasteiger partial charge >= 0.3 is 0 Å². The maximum absolute atomic E-state index is 6.03. The van der Waals surface area contributed by atoms with Crippen LogP contribution in [0, 0.1) is 6.92 Å². The quantitative estimate of drug-likeness (QED) is 0.650. The van der Waals surface area contributed by atoms with Gasteiger partial charge in [0.2, 0.25) is 0 Å². The highest BCUT2D eigenvalue weighted by molar-refractivity contribution is 8.00. The number of hydrogen-bond donors (Lipinski definition) is 0. The van der Waals surface area contributed by atoms with Gasteiger partial charge in [0.15, 0.2) is 0 Å². The first-order valence-corrected chi connectivity index (χ1v) is 4.93. The molecule has 1 rings (SSSR count). The average Bonchev–Trinajstić information content (AvgIpc) is 2.07. The van der Waals surface area contributed by atoms with Crippen LogP contribution in [0.25, 0.3) is 0 Å². The minimum Gasteiger partial charge on any atom is -0.137 e. The molecule has 1 radical (unpaired) electrons. The van der Waals surface area contributed by atoms with Crippen LogP contribution in [-0.4, -0.2) is 5.75 Å². The average molecular weight is 186 g/mol. The zero-order valence-electron chi connectivity index (χ0n) is 6.16. The highest BCUT2D eigenvalue weighted by atomic mass is 35.5. The number of thioether (sulfide) groups is 1. The van der Waals surface area contributed by atoms with Gasteiger partial charge in [0, 0.05) is 0 Å². The molecule has 11 heavy (non-hydrogen) atoms. The molecule has 2 heteroatoms. The van der Waals surface area contributed by atoms with E-state index in [0.717, 1.165) is 11.3 Å². The van der Waals surface area contributed by atoms with E-state index in [1.165, 1.54) is 0 Å². The second-order valence-electron chi connectivity index (χ2n) is 2.10. The van der Waals surface area contributed by atoms with Gasteiger partial charge in [0.25, 0.3) is 0 Å². The Morgan fingerprint density at radius 3 is 2.55 bits per heavy atom. The monoisotopic (exact) mass is 185 g/mol. The molecular formula is C9H10ClS. The van der Waals surface area contributed by atoms with Crippen molar-refractivity contribution in [3.05, 3.63) is 42.8 Å². The summed E-state index contributed by atoms with van der Waals surface area (Å²) in [6, 6.07) is 10.0. The van der Waals surface area contributed by atoms with Crippen LogP contribution in [0.5, 0.6) is 0 Å². The van der Waals surface area contributed by atoms with E-state index in [4.69, 9.17) is 11.6 Å². The smallest absolute Gasteiger partial charge is 0.104 e. The van der Waals surface area contributed by atoms with Gasteiger partial charge in [-0.25, -0.2) is 0 Å². The molecule has 1 aromatic rings. The molecule has 0 amide bonds. The molecular weight excluding hydrogens is 176 g/mol. The molecule has 1 atom stereocenters. The first kappa shape index (κ1) is 8.95. The molecule has 0 fully saturated rings. The van der Waals surface area contributed by atoms with Gasteiger partial charge in [-0.05, 0) is 18.2 Å². The Labute approximate surface area is 77.0 Å². The third kappa shape index (κ3) is 2.76. The molecule has 0 saturated heterocycles. The second-order valence-corrected chi connectivity index (χ2v) is 4.01. The lowest BCUT2D eigenvalue weighted by Gasteiger charge is -2.06. The first-order chi connectivity index (χ1) is 5.34. The van der Waals surface area contributed by atoms with Crippen molar-refractivity contribution in [1.29, 1.82) is 0 Å². The fourth-order valence-electron chi connectivity index (χ4n) is 0.804. The van der Waals surface area contributed by atoms with Crippen molar-refractivity contribution in [2.75, 3.05) is 5.75 Å². The van der Waals surface area contributed by atoms with E-state index in [1.807, 2.05) is 30.3 Å². The molecule has 0 aliphatic heterocycles. The van der Waals surface area contributed by atoms with Crippen molar-refractivity contribution in [2.24, 2.45) is 0 Å². The maximum atomic E-state index is 6.03. The summed E-state index contributed by atoms with van der Waals surface area (Å²) in [5.41, 5.74) is 1.16. The van der Waals surface area contributed by atoms with Gasteiger partial charge < -0.3 is 0 Å². The van der Waals surface area contributed by atoms with Gasteiger partial charge in [-0.1, -0.05) is 30.3 Å². The number of rotatable bonds is 3. The molecule has 0 saturated carbocycles. The fourth-order valence-corrected chi connectivity index (χ4v) is 1.77. The van der Waals surface area contributed by atoms with Crippen molar-refractivity contribution < 1.29 is 0 Å². The van der Waals surface area contributed by atoms with Gasteiger partial charge in [-0.2, -0.15) is 0 Å². The van der Waals surface area contributed by atoms with Crippen LogP contribution >= 0.6 is 23.4 Å². The fraction of sp³-hybridized carbons (Fsp3) is 0.222. The zero-order chi connectivity index (χ0) is 8.10. The number of alkyl halides is 1. The van der Waals surface area contributed by atoms with Crippen molar-refractivity contribution >= 4 is 23.4 Å². The number of benzene rings is 1. The van der Waals surface area contributed by atoms with Gasteiger partial charge in [-0.15, -0.1) is 23.4 Å². The highest BCUT2D eigenvalue weighted by Crippen LogP contribution is 2.31. The van der Waals surface area contributed by atoms with Crippen molar-refractivity contribution in [3.8, 4) is 0 Å². The van der Waals surface area contributed by atoms with E-state index >= 15 is 0 Å². The Balaban J connectivity index is 2.61. The first-order valence-electron chi connectivity index (χ1n) is 3.44. The summed E-state index contributed by atoms with van der Waals surface area (Å²) >= 11 is 7.67. The van der Waals surface area contributed by atoms with Crippen LogP contribution in [0.2, 0.25) is 0 Å². The number of hydrogen-bond acceptors (Lipinski definition) is 1. The molecule has 0 aliphatic carbocycles. The minimum absolute atomic E-state index is 0.0497. The van der Waals surface area contributed by atoms with Crippen LogP contribution in [-0.2, 0) is 0 Å².